The highest BCUT2D eigenvalue weighted by molar-refractivity contribution is 8.08. The summed E-state index contributed by atoms with van der Waals surface area (Å²) in [4.78, 5) is 12.2. The van der Waals surface area contributed by atoms with E-state index < -0.39 is 0 Å². The first kappa shape index (κ1) is 10.3. The third-order valence-corrected chi connectivity index (χ3v) is 3.44. The second-order valence-electron chi connectivity index (χ2n) is 3.29. The first-order valence-corrected chi connectivity index (χ1v) is 5.78. The molecule has 0 bridgehead atoms. The smallest absolute Gasteiger partial charge is 0.315 e. The molecular weight excluding hydrogens is 208 g/mol. The van der Waals surface area contributed by atoms with Crippen LogP contribution in [0.3, 0.4) is 0 Å². The van der Waals surface area contributed by atoms with Crippen molar-refractivity contribution < 1.29 is 9.53 Å². The summed E-state index contributed by atoms with van der Waals surface area (Å²) in [6.07, 6.45) is 3.14. The third-order valence-electron chi connectivity index (χ3n) is 2.36. The van der Waals surface area contributed by atoms with Crippen LogP contribution in [-0.4, -0.2) is 18.8 Å². The molecule has 0 unspecified atom stereocenters. The summed E-state index contributed by atoms with van der Waals surface area (Å²) in [5, 5.41) is 0. The predicted octanol–water partition coefficient (Wildman–Crippen LogP) is 2.49. The van der Waals surface area contributed by atoms with Gasteiger partial charge in [-0.25, -0.2) is 0 Å². The van der Waals surface area contributed by atoms with Crippen LogP contribution in [0.5, 0.6) is 0 Å². The van der Waals surface area contributed by atoms with E-state index in [1.54, 1.807) is 11.8 Å². The van der Waals surface area contributed by atoms with Gasteiger partial charge in [-0.1, -0.05) is 30.3 Å². The van der Waals surface area contributed by atoms with Crippen molar-refractivity contribution in [3.8, 4) is 0 Å². The van der Waals surface area contributed by atoms with Gasteiger partial charge in [0.2, 0.25) is 0 Å². The van der Waals surface area contributed by atoms with Crippen molar-refractivity contribution in [2.45, 2.75) is 6.42 Å². The zero-order valence-corrected chi connectivity index (χ0v) is 9.34. The molecule has 0 amide bonds. The average Bonchev–Trinajstić information content (AvgIpc) is 2.69. The summed E-state index contributed by atoms with van der Waals surface area (Å²) in [5.74, 6) is 0.210. The Balaban J connectivity index is 2.04. The molecule has 1 aromatic carbocycles. The van der Waals surface area contributed by atoms with E-state index in [-0.39, 0.29) is 5.97 Å². The highest BCUT2D eigenvalue weighted by Crippen LogP contribution is 2.35. The van der Waals surface area contributed by atoms with Crippen molar-refractivity contribution in [3.63, 3.8) is 0 Å². The number of fused-ring (bicyclic) bond motifs is 1. The molecule has 0 atom stereocenters. The third kappa shape index (κ3) is 2.23. The quantitative estimate of drug-likeness (QED) is 0.732. The Labute approximate surface area is 93.3 Å². The van der Waals surface area contributed by atoms with Crippen LogP contribution in [0.4, 0.5) is 0 Å². The molecule has 78 valence electrons. The van der Waals surface area contributed by atoms with E-state index in [9.17, 15) is 4.79 Å². The molecule has 0 N–H and O–H groups in total. The maximum Gasteiger partial charge on any atom is 0.315 e. The standard InChI is InChI=1S/C12H12O2S/c1-14-12(13)8-15-11-7-6-9-4-2-3-5-10(9)11/h2-5,7H,6,8H2,1H3. The fourth-order valence-electron chi connectivity index (χ4n) is 1.58. The second kappa shape index (κ2) is 4.53. The van der Waals surface area contributed by atoms with E-state index in [0.717, 1.165) is 6.42 Å². The van der Waals surface area contributed by atoms with Crippen LogP contribution in [0.2, 0.25) is 0 Å². The number of rotatable bonds is 3. The zero-order valence-electron chi connectivity index (χ0n) is 8.53. The first-order valence-electron chi connectivity index (χ1n) is 4.79. The lowest BCUT2D eigenvalue weighted by Gasteiger charge is -2.04. The first-order chi connectivity index (χ1) is 7.31. The van der Waals surface area contributed by atoms with Crippen LogP contribution < -0.4 is 0 Å². The van der Waals surface area contributed by atoms with Gasteiger partial charge in [0.25, 0.3) is 0 Å². The molecule has 0 aromatic heterocycles. The highest BCUT2D eigenvalue weighted by Gasteiger charge is 2.14. The van der Waals surface area contributed by atoms with Crippen molar-refractivity contribution in [1.82, 2.24) is 0 Å². The van der Waals surface area contributed by atoms with Gasteiger partial charge >= 0.3 is 5.97 Å². The number of hydrogen-bond donors (Lipinski definition) is 0. The molecule has 1 aliphatic rings. The fraction of sp³-hybridized carbons (Fsp3) is 0.250. The van der Waals surface area contributed by atoms with E-state index in [2.05, 4.69) is 22.9 Å². The Bertz CT molecular complexity index is 410. The number of allylic oxidation sites excluding steroid dienone is 1. The minimum atomic E-state index is -0.176. The van der Waals surface area contributed by atoms with Crippen molar-refractivity contribution in [3.05, 3.63) is 41.5 Å². The Morgan fingerprint density at radius 2 is 2.27 bits per heavy atom. The number of carbonyl (C=O) groups is 1. The molecule has 2 rings (SSSR count). The van der Waals surface area contributed by atoms with Crippen LogP contribution >= 0.6 is 11.8 Å². The molecule has 1 aromatic rings. The number of benzene rings is 1. The number of thioether (sulfide) groups is 1. The summed E-state index contributed by atoms with van der Waals surface area (Å²) < 4.78 is 4.61. The maximum atomic E-state index is 11.0. The lowest BCUT2D eigenvalue weighted by molar-refractivity contribution is -0.137. The van der Waals surface area contributed by atoms with Crippen LogP contribution in [0.15, 0.2) is 30.3 Å². The summed E-state index contributed by atoms with van der Waals surface area (Å²) in [6.45, 7) is 0. The van der Waals surface area contributed by atoms with E-state index in [1.165, 1.54) is 23.1 Å². The van der Waals surface area contributed by atoms with E-state index >= 15 is 0 Å². The van der Waals surface area contributed by atoms with Gasteiger partial charge in [0.1, 0.15) is 0 Å². The number of hydrogen-bond acceptors (Lipinski definition) is 3. The summed E-state index contributed by atoms with van der Waals surface area (Å²) in [6, 6.07) is 8.28. The molecular formula is C12H12O2S. The number of esters is 1. The second-order valence-corrected chi connectivity index (χ2v) is 4.31. The Morgan fingerprint density at radius 1 is 1.47 bits per heavy atom. The van der Waals surface area contributed by atoms with Crippen molar-refractivity contribution in [1.29, 1.82) is 0 Å². The molecule has 0 aliphatic heterocycles. The molecule has 0 saturated heterocycles. The fourth-order valence-corrected chi connectivity index (χ4v) is 2.53. The van der Waals surface area contributed by atoms with Gasteiger partial charge in [-0.2, -0.15) is 0 Å². The predicted molar refractivity (Wildman–Crippen MR) is 62.6 cm³/mol. The summed E-state index contributed by atoms with van der Waals surface area (Å²) in [7, 11) is 1.42. The SMILES string of the molecule is COC(=O)CSC1=CCc2ccccc21. The van der Waals surface area contributed by atoms with E-state index in [0.29, 0.717) is 5.75 Å². The molecule has 2 nitrogen and oxygen atoms in total. The van der Waals surface area contributed by atoms with Gasteiger partial charge in [0, 0.05) is 4.91 Å². The lowest BCUT2D eigenvalue weighted by Crippen LogP contribution is -2.02. The molecule has 3 heteroatoms. The Kier molecular flexibility index (Phi) is 3.11. The van der Waals surface area contributed by atoms with Gasteiger partial charge in [-0.3, -0.25) is 4.79 Å². The van der Waals surface area contributed by atoms with Crippen molar-refractivity contribution in [2.24, 2.45) is 0 Å². The highest BCUT2D eigenvalue weighted by atomic mass is 32.2. The van der Waals surface area contributed by atoms with Gasteiger partial charge in [-0.05, 0) is 17.5 Å². The summed E-state index contributed by atoms with van der Waals surface area (Å²) in [5.41, 5.74) is 2.59. The van der Waals surface area contributed by atoms with Crippen LogP contribution in [0, 0.1) is 0 Å². The topological polar surface area (TPSA) is 26.3 Å². The molecule has 0 radical (unpaired) electrons. The molecule has 0 fully saturated rings. The lowest BCUT2D eigenvalue weighted by atomic mass is 10.1. The zero-order chi connectivity index (χ0) is 10.7. The molecule has 0 heterocycles. The normalized spacial score (nSPS) is 13.3. The monoisotopic (exact) mass is 220 g/mol. The molecule has 15 heavy (non-hydrogen) atoms. The van der Waals surface area contributed by atoms with Crippen LogP contribution in [-0.2, 0) is 16.0 Å². The van der Waals surface area contributed by atoms with Gasteiger partial charge in [0.05, 0.1) is 12.9 Å². The largest absolute Gasteiger partial charge is 0.468 e. The van der Waals surface area contributed by atoms with Gasteiger partial charge in [-0.15, -0.1) is 11.8 Å². The number of methoxy groups -OCH3 is 1. The summed E-state index contributed by atoms with van der Waals surface area (Å²) >= 11 is 1.55. The molecule has 1 aliphatic carbocycles. The van der Waals surface area contributed by atoms with Gasteiger partial charge in [0.15, 0.2) is 0 Å². The number of carbonyl (C=O) groups excluding carboxylic acids is 1. The maximum absolute atomic E-state index is 11.0. The molecule has 0 spiro atoms. The van der Waals surface area contributed by atoms with E-state index in [1.807, 2.05) is 12.1 Å². The molecule has 0 saturated carbocycles. The van der Waals surface area contributed by atoms with Crippen molar-refractivity contribution >= 4 is 22.6 Å². The Morgan fingerprint density at radius 3 is 3.07 bits per heavy atom. The minimum Gasteiger partial charge on any atom is -0.468 e. The average molecular weight is 220 g/mol. The Hall–Kier alpha value is -1.22. The van der Waals surface area contributed by atoms with Crippen LogP contribution in [0.1, 0.15) is 11.1 Å². The number of ether oxygens (including phenoxy) is 1. The van der Waals surface area contributed by atoms with E-state index in [4.69, 9.17) is 0 Å². The van der Waals surface area contributed by atoms with Crippen molar-refractivity contribution in [2.75, 3.05) is 12.9 Å². The van der Waals surface area contributed by atoms with Gasteiger partial charge < -0.3 is 4.74 Å². The minimum absolute atomic E-state index is 0.176. The van der Waals surface area contributed by atoms with Crippen LogP contribution in [0.25, 0.3) is 4.91 Å².